The van der Waals surface area contributed by atoms with E-state index in [2.05, 4.69) is 5.32 Å². The number of fused-ring (bicyclic) bond motifs is 1. The number of ether oxygens (including phenoxy) is 1. The summed E-state index contributed by atoms with van der Waals surface area (Å²) in [6.45, 7) is 2.75. The number of halogens is 1. The molecule has 152 valence electrons. The lowest BCUT2D eigenvalue weighted by Crippen LogP contribution is -2.46. The molecule has 8 nitrogen and oxygen atoms in total. The van der Waals surface area contributed by atoms with Crippen molar-refractivity contribution in [2.75, 3.05) is 6.54 Å². The van der Waals surface area contributed by atoms with Gasteiger partial charge >= 0.3 is 17.6 Å². The van der Waals surface area contributed by atoms with Crippen LogP contribution in [0, 0.1) is 12.8 Å². The van der Waals surface area contributed by atoms with Gasteiger partial charge in [-0.2, -0.15) is 0 Å². The van der Waals surface area contributed by atoms with E-state index in [1.54, 1.807) is 26.0 Å². The molecular formula is C20H19ClN2O6. The number of aryl methyl sites for hydroxylation is 1. The van der Waals surface area contributed by atoms with Crippen molar-refractivity contribution in [3.05, 3.63) is 44.8 Å². The Bertz CT molecular complexity index is 1110. The number of amides is 3. The Kier molecular flexibility index (Phi) is 4.61. The lowest BCUT2D eigenvalue weighted by atomic mass is 9.96. The molecule has 0 unspecified atom stereocenters. The molecule has 2 fully saturated rings. The van der Waals surface area contributed by atoms with Crippen LogP contribution in [0.2, 0.25) is 5.02 Å². The average Bonchev–Trinajstić information content (AvgIpc) is 3.47. The van der Waals surface area contributed by atoms with Crippen molar-refractivity contribution in [1.82, 2.24) is 10.2 Å². The predicted molar refractivity (Wildman–Crippen MR) is 103 cm³/mol. The van der Waals surface area contributed by atoms with Gasteiger partial charge < -0.3 is 14.5 Å². The van der Waals surface area contributed by atoms with Gasteiger partial charge in [0.15, 0.2) is 0 Å². The molecule has 0 spiro atoms. The number of esters is 1. The molecule has 29 heavy (non-hydrogen) atoms. The van der Waals surface area contributed by atoms with Gasteiger partial charge in [-0.25, -0.2) is 9.59 Å². The molecule has 0 radical (unpaired) electrons. The van der Waals surface area contributed by atoms with Gasteiger partial charge in [0.05, 0.1) is 0 Å². The molecule has 1 aliphatic heterocycles. The van der Waals surface area contributed by atoms with Crippen molar-refractivity contribution in [3.8, 4) is 0 Å². The number of carbonyl (C=O) groups excluding carboxylic acids is 3. The van der Waals surface area contributed by atoms with Crippen molar-refractivity contribution < 1.29 is 23.5 Å². The monoisotopic (exact) mass is 418 g/mol. The zero-order valence-electron chi connectivity index (χ0n) is 15.9. The summed E-state index contributed by atoms with van der Waals surface area (Å²) in [4.78, 5) is 49.7. The van der Waals surface area contributed by atoms with Crippen LogP contribution in [-0.4, -0.2) is 34.9 Å². The van der Waals surface area contributed by atoms with Gasteiger partial charge in [-0.15, -0.1) is 0 Å². The number of nitrogens with one attached hydrogen (secondary N) is 1. The zero-order chi connectivity index (χ0) is 20.9. The number of carbonyl (C=O) groups is 3. The summed E-state index contributed by atoms with van der Waals surface area (Å²) in [5, 5.41) is 3.71. The molecule has 1 aliphatic carbocycles. The number of nitrogens with zero attached hydrogens (tertiary/aromatic N) is 1. The Morgan fingerprint density at radius 1 is 1.31 bits per heavy atom. The van der Waals surface area contributed by atoms with Crippen LogP contribution >= 0.6 is 11.6 Å². The van der Waals surface area contributed by atoms with Gasteiger partial charge in [0.1, 0.15) is 24.3 Å². The molecule has 1 atom stereocenters. The van der Waals surface area contributed by atoms with Gasteiger partial charge in [0.2, 0.25) is 0 Å². The van der Waals surface area contributed by atoms with Crippen LogP contribution in [0.4, 0.5) is 4.79 Å². The standard InChI is InChI=1S/C20H19ClN2O6/c1-10-5-15-13(7-14(10)21)11(6-16(24)29-15)9-28-17(25)8-23-18(26)20(2,12-3-4-12)22-19(23)27/h5-7,12H,3-4,8-9H2,1-2H3,(H,22,27)/t20-/m0/s1. The number of hydrogen-bond donors (Lipinski definition) is 1. The minimum atomic E-state index is -0.958. The maximum atomic E-state index is 12.6. The summed E-state index contributed by atoms with van der Waals surface area (Å²) in [5.74, 6) is -1.08. The fourth-order valence-electron chi connectivity index (χ4n) is 3.60. The number of hydrogen-bond acceptors (Lipinski definition) is 6. The van der Waals surface area contributed by atoms with E-state index in [-0.39, 0.29) is 12.5 Å². The largest absolute Gasteiger partial charge is 0.459 e. The van der Waals surface area contributed by atoms with E-state index < -0.39 is 35.6 Å². The van der Waals surface area contributed by atoms with E-state index in [4.69, 9.17) is 20.8 Å². The SMILES string of the molecule is Cc1cc2oc(=O)cc(COC(=O)CN3C(=O)N[C@@](C)(C4CC4)C3=O)c2cc1Cl. The van der Waals surface area contributed by atoms with Crippen molar-refractivity contribution in [2.45, 2.75) is 38.8 Å². The van der Waals surface area contributed by atoms with Crippen molar-refractivity contribution in [1.29, 1.82) is 0 Å². The summed E-state index contributed by atoms with van der Waals surface area (Å²) in [7, 11) is 0. The minimum absolute atomic E-state index is 0.100. The van der Waals surface area contributed by atoms with Crippen molar-refractivity contribution >= 4 is 40.5 Å². The highest BCUT2D eigenvalue weighted by Crippen LogP contribution is 2.42. The lowest BCUT2D eigenvalue weighted by Gasteiger charge is -2.20. The van der Waals surface area contributed by atoms with Crippen LogP contribution in [0.5, 0.6) is 0 Å². The fraction of sp³-hybridized carbons (Fsp3) is 0.400. The third-order valence-corrected chi connectivity index (χ3v) is 5.89. The molecule has 1 N–H and O–H groups in total. The molecule has 9 heteroatoms. The molecule has 3 amide bonds. The quantitative estimate of drug-likeness (QED) is 0.454. The third-order valence-electron chi connectivity index (χ3n) is 5.48. The Morgan fingerprint density at radius 2 is 2.03 bits per heavy atom. The fourth-order valence-corrected chi connectivity index (χ4v) is 3.76. The van der Waals surface area contributed by atoms with Crippen LogP contribution in [0.25, 0.3) is 11.0 Å². The van der Waals surface area contributed by atoms with E-state index in [1.807, 2.05) is 0 Å². The van der Waals surface area contributed by atoms with Crippen LogP contribution < -0.4 is 10.9 Å². The molecule has 1 saturated carbocycles. The Balaban J connectivity index is 1.48. The average molecular weight is 419 g/mol. The van der Waals surface area contributed by atoms with Gasteiger partial charge in [-0.05, 0) is 50.3 Å². The molecule has 1 aromatic heterocycles. The second-order valence-corrected chi connectivity index (χ2v) is 8.05. The lowest BCUT2D eigenvalue weighted by molar-refractivity contribution is -0.148. The number of urea groups is 1. The second kappa shape index (κ2) is 6.88. The maximum Gasteiger partial charge on any atom is 0.336 e. The molecule has 1 saturated heterocycles. The highest BCUT2D eigenvalue weighted by molar-refractivity contribution is 6.32. The first-order valence-corrected chi connectivity index (χ1v) is 9.59. The van der Waals surface area contributed by atoms with Gasteiger partial charge in [0.25, 0.3) is 5.91 Å². The van der Waals surface area contributed by atoms with Crippen LogP contribution in [0.15, 0.2) is 27.4 Å². The van der Waals surface area contributed by atoms with E-state index in [0.29, 0.717) is 21.6 Å². The summed E-state index contributed by atoms with van der Waals surface area (Å²) in [5.41, 5.74) is -0.0415. The smallest absolute Gasteiger partial charge is 0.336 e. The van der Waals surface area contributed by atoms with Crippen LogP contribution in [-0.2, 0) is 20.9 Å². The molecule has 2 aliphatic rings. The van der Waals surface area contributed by atoms with E-state index in [9.17, 15) is 19.2 Å². The highest BCUT2D eigenvalue weighted by Gasteiger charge is 2.56. The maximum absolute atomic E-state index is 12.6. The van der Waals surface area contributed by atoms with Gasteiger partial charge in [-0.3, -0.25) is 14.5 Å². The van der Waals surface area contributed by atoms with E-state index in [1.165, 1.54) is 6.07 Å². The molecular weight excluding hydrogens is 400 g/mol. The normalized spacial score (nSPS) is 21.6. The van der Waals surface area contributed by atoms with Gasteiger partial charge in [0, 0.05) is 22.0 Å². The predicted octanol–water partition coefficient (Wildman–Crippen LogP) is 2.52. The second-order valence-electron chi connectivity index (χ2n) is 7.65. The van der Waals surface area contributed by atoms with Gasteiger partial charge in [-0.1, -0.05) is 11.6 Å². The Morgan fingerprint density at radius 3 is 2.72 bits per heavy atom. The van der Waals surface area contributed by atoms with Crippen LogP contribution in [0.3, 0.4) is 0 Å². The first-order chi connectivity index (χ1) is 13.7. The molecule has 2 heterocycles. The summed E-state index contributed by atoms with van der Waals surface area (Å²) >= 11 is 6.15. The third kappa shape index (κ3) is 3.48. The first-order valence-electron chi connectivity index (χ1n) is 9.21. The minimum Gasteiger partial charge on any atom is -0.459 e. The van der Waals surface area contributed by atoms with Crippen molar-refractivity contribution in [2.24, 2.45) is 5.92 Å². The Labute approximate surface area is 170 Å². The van der Waals surface area contributed by atoms with Crippen molar-refractivity contribution in [3.63, 3.8) is 0 Å². The first kappa shape index (κ1) is 19.4. The van der Waals surface area contributed by atoms with E-state index in [0.717, 1.165) is 23.3 Å². The molecule has 0 bridgehead atoms. The topological polar surface area (TPSA) is 106 Å². The number of rotatable bonds is 5. The van der Waals surface area contributed by atoms with E-state index >= 15 is 0 Å². The molecule has 1 aromatic carbocycles. The Hall–Kier alpha value is -2.87. The summed E-state index contributed by atoms with van der Waals surface area (Å²) in [6, 6.07) is 3.89. The number of imide groups is 1. The summed E-state index contributed by atoms with van der Waals surface area (Å²) in [6.07, 6.45) is 1.74. The summed E-state index contributed by atoms with van der Waals surface area (Å²) < 4.78 is 10.4. The molecule has 2 aromatic rings. The molecule has 4 rings (SSSR count). The zero-order valence-corrected chi connectivity index (χ0v) is 16.7. The highest BCUT2D eigenvalue weighted by atomic mass is 35.5. The van der Waals surface area contributed by atoms with Crippen LogP contribution in [0.1, 0.15) is 30.9 Å². The number of benzene rings is 1.